The largest absolute Gasteiger partial charge is 0.310 e. The molecule has 0 aliphatic heterocycles. The zero-order valence-electron chi connectivity index (χ0n) is 13.1. The molecule has 3 aromatic rings. The van der Waals surface area contributed by atoms with Gasteiger partial charge in [0.05, 0.1) is 22.6 Å². The second kappa shape index (κ2) is 6.52. The average Bonchev–Trinajstić information content (AvgIpc) is 2.56. The summed E-state index contributed by atoms with van der Waals surface area (Å²) in [5.74, 6) is 0.695. The average molecular weight is 328 g/mol. The van der Waals surface area contributed by atoms with Gasteiger partial charge >= 0.3 is 0 Å². The number of para-hydroxylation sites is 1. The van der Waals surface area contributed by atoms with Gasteiger partial charge in [0.15, 0.2) is 0 Å². The van der Waals surface area contributed by atoms with E-state index in [2.05, 4.69) is 12.2 Å². The molecule has 23 heavy (non-hydrogen) atoms. The van der Waals surface area contributed by atoms with Crippen LogP contribution in [0.4, 0.5) is 0 Å². The second-order valence-electron chi connectivity index (χ2n) is 5.36. The molecule has 0 saturated heterocycles. The van der Waals surface area contributed by atoms with Gasteiger partial charge in [-0.3, -0.25) is 9.36 Å². The molecular formula is C18H18ClN3O. The molecule has 0 aliphatic rings. The lowest BCUT2D eigenvalue weighted by molar-refractivity contribution is 0.529. The smallest absolute Gasteiger partial charge is 0.266 e. The van der Waals surface area contributed by atoms with Gasteiger partial charge in [-0.1, -0.05) is 36.7 Å². The first-order chi connectivity index (χ1) is 11.2. The van der Waals surface area contributed by atoms with Crippen molar-refractivity contribution < 1.29 is 0 Å². The molecule has 118 valence electrons. The van der Waals surface area contributed by atoms with Crippen LogP contribution in [0.15, 0.2) is 53.3 Å². The van der Waals surface area contributed by atoms with Gasteiger partial charge < -0.3 is 5.32 Å². The monoisotopic (exact) mass is 327 g/mol. The summed E-state index contributed by atoms with van der Waals surface area (Å²) in [5, 5.41) is 4.42. The first-order valence-electron chi connectivity index (χ1n) is 7.60. The van der Waals surface area contributed by atoms with Crippen molar-refractivity contribution in [3.8, 4) is 5.69 Å². The van der Waals surface area contributed by atoms with E-state index in [0.29, 0.717) is 21.7 Å². The topological polar surface area (TPSA) is 46.9 Å². The molecule has 0 spiro atoms. The minimum absolute atomic E-state index is 0.0220. The van der Waals surface area contributed by atoms with Gasteiger partial charge in [-0.2, -0.15) is 0 Å². The van der Waals surface area contributed by atoms with Crippen LogP contribution in [-0.2, 0) is 0 Å². The van der Waals surface area contributed by atoms with Crippen molar-refractivity contribution in [2.45, 2.75) is 19.4 Å². The molecule has 1 heterocycles. The van der Waals surface area contributed by atoms with Crippen LogP contribution >= 0.6 is 11.6 Å². The fraction of sp³-hybridized carbons (Fsp3) is 0.222. The normalized spacial score (nSPS) is 12.5. The quantitative estimate of drug-likeness (QED) is 0.794. The van der Waals surface area contributed by atoms with Gasteiger partial charge in [0.25, 0.3) is 5.56 Å². The Hall–Kier alpha value is -2.17. The number of nitrogens with one attached hydrogen (secondary N) is 1. The number of hydrogen-bond donors (Lipinski definition) is 1. The van der Waals surface area contributed by atoms with E-state index in [9.17, 15) is 4.79 Å². The standard InChI is InChI=1S/C18H18ClN3O/c1-3-15(20-2)17-21-16-10-5-4-9-14(16)18(23)22(17)13-8-6-7-12(19)11-13/h4-11,15,20H,3H2,1-2H3. The zero-order valence-corrected chi connectivity index (χ0v) is 13.8. The molecule has 0 fully saturated rings. The fourth-order valence-electron chi connectivity index (χ4n) is 2.76. The summed E-state index contributed by atoms with van der Waals surface area (Å²) in [5.41, 5.74) is 1.35. The van der Waals surface area contributed by atoms with Crippen molar-refractivity contribution in [1.82, 2.24) is 14.9 Å². The summed E-state index contributed by atoms with van der Waals surface area (Å²) >= 11 is 6.11. The summed E-state index contributed by atoms with van der Waals surface area (Å²) in [6.45, 7) is 2.06. The summed E-state index contributed by atoms with van der Waals surface area (Å²) < 4.78 is 1.65. The zero-order chi connectivity index (χ0) is 16.4. The Kier molecular flexibility index (Phi) is 4.46. The second-order valence-corrected chi connectivity index (χ2v) is 5.79. The van der Waals surface area contributed by atoms with E-state index in [1.165, 1.54) is 0 Å². The predicted octanol–water partition coefficient (Wildman–Crippen LogP) is 3.71. The van der Waals surface area contributed by atoms with Crippen molar-refractivity contribution in [2.24, 2.45) is 0 Å². The van der Waals surface area contributed by atoms with E-state index in [1.54, 1.807) is 22.8 Å². The van der Waals surface area contributed by atoms with Gasteiger partial charge in [-0.15, -0.1) is 0 Å². The Morgan fingerprint density at radius 2 is 2.00 bits per heavy atom. The lowest BCUT2D eigenvalue weighted by Gasteiger charge is -2.20. The summed E-state index contributed by atoms with van der Waals surface area (Å²) in [6.07, 6.45) is 0.821. The highest BCUT2D eigenvalue weighted by Crippen LogP contribution is 2.21. The molecule has 0 bridgehead atoms. The van der Waals surface area contributed by atoms with Gasteiger partial charge in [0.1, 0.15) is 5.82 Å². The Morgan fingerprint density at radius 1 is 1.22 bits per heavy atom. The number of aromatic nitrogens is 2. The lowest BCUT2D eigenvalue weighted by atomic mass is 10.1. The Labute approximate surface area is 139 Å². The maximum Gasteiger partial charge on any atom is 0.266 e. The van der Waals surface area contributed by atoms with Crippen molar-refractivity contribution in [3.05, 3.63) is 69.7 Å². The lowest BCUT2D eigenvalue weighted by Crippen LogP contribution is -2.29. The van der Waals surface area contributed by atoms with Crippen molar-refractivity contribution in [2.75, 3.05) is 7.05 Å². The van der Waals surface area contributed by atoms with Crippen molar-refractivity contribution in [3.63, 3.8) is 0 Å². The minimum Gasteiger partial charge on any atom is -0.310 e. The third-order valence-corrected chi connectivity index (χ3v) is 4.17. The Bertz CT molecular complexity index is 900. The van der Waals surface area contributed by atoms with Gasteiger partial charge in [0.2, 0.25) is 0 Å². The highest BCUT2D eigenvalue weighted by Gasteiger charge is 2.18. The van der Waals surface area contributed by atoms with Crippen molar-refractivity contribution >= 4 is 22.5 Å². The third kappa shape index (κ3) is 2.87. The predicted molar refractivity (Wildman–Crippen MR) is 94.4 cm³/mol. The van der Waals surface area contributed by atoms with Crippen LogP contribution in [-0.4, -0.2) is 16.6 Å². The molecule has 0 aliphatic carbocycles. The number of halogens is 1. The van der Waals surface area contributed by atoms with Crippen LogP contribution in [0.2, 0.25) is 5.02 Å². The maximum atomic E-state index is 13.0. The van der Waals surface area contributed by atoms with E-state index in [-0.39, 0.29) is 11.6 Å². The van der Waals surface area contributed by atoms with Crippen LogP contribution in [0.3, 0.4) is 0 Å². The maximum absolute atomic E-state index is 13.0. The molecule has 4 nitrogen and oxygen atoms in total. The van der Waals surface area contributed by atoms with Crippen LogP contribution < -0.4 is 10.9 Å². The highest BCUT2D eigenvalue weighted by molar-refractivity contribution is 6.30. The molecule has 1 N–H and O–H groups in total. The van der Waals surface area contributed by atoms with Crippen molar-refractivity contribution in [1.29, 1.82) is 0 Å². The molecule has 5 heteroatoms. The van der Waals surface area contributed by atoms with Crippen LogP contribution in [0.5, 0.6) is 0 Å². The molecular weight excluding hydrogens is 310 g/mol. The van der Waals surface area contributed by atoms with Gasteiger partial charge in [0, 0.05) is 5.02 Å². The van der Waals surface area contributed by atoms with E-state index in [1.807, 2.05) is 37.4 Å². The summed E-state index contributed by atoms with van der Waals surface area (Å²) in [4.78, 5) is 17.8. The third-order valence-electron chi connectivity index (χ3n) is 3.94. The number of nitrogens with zero attached hydrogens (tertiary/aromatic N) is 2. The molecule has 1 aromatic heterocycles. The van der Waals surface area contributed by atoms with Gasteiger partial charge in [-0.05, 0) is 43.8 Å². The number of hydrogen-bond acceptors (Lipinski definition) is 3. The SMILES string of the molecule is CCC(NC)c1nc2ccccc2c(=O)n1-c1cccc(Cl)c1. The Balaban J connectivity index is 2.39. The number of rotatable bonds is 4. The first-order valence-corrected chi connectivity index (χ1v) is 7.98. The van der Waals surface area contributed by atoms with Gasteiger partial charge in [-0.25, -0.2) is 4.98 Å². The molecule has 3 rings (SSSR count). The van der Waals surface area contributed by atoms with E-state index in [4.69, 9.17) is 16.6 Å². The molecule has 2 aromatic carbocycles. The highest BCUT2D eigenvalue weighted by atomic mass is 35.5. The molecule has 0 saturated carbocycles. The van der Waals surface area contributed by atoms with E-state index < -0.39 is 0 Å². The molecule has 0 amide bonds. The minimum atomic E-state index is -0.0819. The number of fused-ring (bicyclic) bond motifs is 1. The summed E-state index contributed by atoms with van der Waals surface area (Å²) in [6, 6.07) is 14.7. The number of benzene rings is 2. The molecule has 1 unspecified atom stereocenters. The van der Waals surface area contributed by atoms with E-state index >= 15 is 0 Å². The first kappa shape index (κ1) is 15.7. The van der Waals surface area contributed by atoms with E-state index in [0.717, 1.165) is 12.1 Å². The fourth-order valence-corrected chi connectivity index (χ4v) is 2.95. The van der Waals surface area contributed by atoms with Crippen LogP contribution in [0, 0.1) is 0 Å². The molecule has 0 radical (unpaired) electrons. The van der Waals surface area contributed by atoms with Crippen LogP contribution in [0.25, 0.3) is 16.6 Å². The van der Waals surface area contributed by atoms with Crippen LogP contribution in [0.1, 0.15) is 25.2 Å². The molecule has 1 atom stereocenters. The summed E-state index contributed by atoms with van der Waals surface area (Å²) in [7, 11) is 1.87. The Morgan fingerprint density at radius 3 is 2.70 bits per heavy atom.